The summed E-state index contributed by atoms with van der Waals surface area (Å²) in [5.74, 6) is -6.44. The summed E-state index contributed by atoms with van der Waals surface area (Å²) in [6.07, 6.45) is 3.43. The third-order valence-corrected chi connectivity index (χ3v) is 8.51. The number of hydrogen-bond donors (Lipinski definition) is 5. The number of phenolic OH excluding ortho intramolecular Hbond substituents is 1. The van der Waals surface area contributed by atoms with Crippen LogP contribution in [-0.4, -0.2) is 82.8 Å². The fourth-order valence-corrected chi connectivity index (χ4v) is 6.68. The summed E-state index contributed by atoms with van der Waals surface area (Å²) in [5, 5.41) is 45.2. The molecule has 2 aromatic rings. The Hall–Kier alpha value is -4.61. The first-order valence-corrected chi connectivity index (χ1v) is 13.3. The van der Waals surface area contributed by atoms with E-state index in [0.717, 1.165) is 5.56 Å². The monoisotopic (exact) mass is 576 g/mol. The summed E-state index contributed by atoms with van der Waals surface area (Å²) in [7, 11) is 6.16. The number of Topliss-reactive ketones (excluding diaryl/α,β-unsaturated/α-hetero) is 2. The van der Waals surface area contributed by atoms with Crippen LogP contribution in [0.15, 0.2) is 53.5 Å². The van der Waals surface area contributed by atoms with Crippen molar-refractivity contribution in [2.45, 2.75) is 24.5 Å². The third kappa shape index (κ3) is 4.07. The van der Waals surface area contributed by atoms with Crippen molar-refractivity contribution in [3.63, 3.8) is 0 Å². The molecule has 11 nitrogen and oxygen atoms in total. The number of aliphatic hydroxyl groups excluding tert-OH is 2. The lowest BCUT2D eigenvalue weighted by Gasteiger charge is -2.50. The highest BCUT2D eigenvalue weighted by molar-refractivity contribution is 6.24. The van der Waals surface area contributed by atoms with E-state index in [1.54, 1.807) is 32.3 Å². The minimum Gasteiger partial charge on any atom is -0.508 e. The molecule has 3 aliphatic carbocycles. The van der Waals surface area contributed by atoms with Gasteiger partial charge in [-0.15, -0.1) is 0 Å². The molecule has 0 saturated heterocycles. The van der Waals surface area contributed by atoms with Gasteiger partial charge in [0.05, 0.1) is 32.1 Å². The van der Waals surface area contributed by atoms with Gasteiger partial charge >= 0.3 is 0 Å². The van der Waals surface area contributed by atoms with Crippen LogP contribution in [0.4, 0.5) is 0 Å². The van der Waals surface area contributed by atoms with E-state index in [1.807, 2.05) is 12.1 Å². The SMILES string of the molecule is CO/C=C/c1ccc(OC)c(-c2ccc(O)c3c2C[C@@H]2C[C@@H]4[C@@H](N(C)C)C(=O)C(C(N)=O)=C(O)[C@]4(O)C(=O)C2=C3O)c1. The Bertz CT molecular complexity index is 1620. The van der Waals surface area contributed by atoms with Gasteiger partial charge in [-0.05, 0) is 73.8 Å². The second-order valence-corrected chi connectivity index (χ2v) is 10.9. The molecule has 6 N–H and O–H groups in total. The van der Waals surface area contributed by atoms with E-state index in [9.17, 15) is 34.8 Å². The van der Waals surface area contributed by atoms with Crippen molar-refractivity contribution in [1.29, 1.82) is 0 Å². The number of benzene rings is 2. The van der Waals surface area contributed by atoms with Gasteiger partial charge in [0.25, 0.3) is 5.91 Å². The molecule has 0 aliphatic heterocycles. The van der Waals surface area contributed by atoms with E-state index in [2.05, 4.69) is 0 Å². The smallest absolute Gasteiger partial charge is 0.255 e. The number of aliphatic hydroxyl groups is 3. The molecule has 3 aliphatic rings. The number of likely N-dealkylation sites (N-methyl/N-ethyl adjacent to an activating group) is 1. The summed E-state index contributed by atoms with van der Waals surface area (Å²) in [6, 6.07) is 7.39. The molecular formula is C31H32N2O9. The topological polar surface area (TPSA) is 180 Å². The molecule has 1 fully saturated rings. The average molecular weight is 577 g/mol. The molecular weight excluding hydrogens is 544 g/mol. The number of ketones is 2. The highest BCUT2D eigenvalue weighted by atomic mass is 16.5. The summed E-state index contributed by atoms with van der Waals surface area (Å²) < 4.78 is 10.7. The van der Waals surface area contributed by atoms with Crippen molar-refractivity contribution in [2.24, 2.45) is 17.6 Å². The van der Waals surface area contributed by atoms with Crippen molar-refractivity contribution < 1.29 is 44.3 Å². The number of hydrogen-bond acceptors (Lipinski definition) is 10. The number of amides is 1. The molecule has 1 saturated carbocycles. The van der Waals surface area contributed by atoms with Gasteiger partial charge in [-0.1, -0.05) is 12.1 Å². The van der Waals surface area contributed by atoms with Crippen LogP contribution in [0.1, 0.15) is 23.1 Å². The standard InChI is InChI=1S/C31H32N2O9/c1-33(2)25-19-13-15-12-18-16(17-11-14(9-10-41-3)5-8-21(17)42-4)6-7-20(34)23(18)26(35)22(15)28(37)31(19,40)29(38)24(27(25)36)30(32)39/h5-11,15,19,25,34-35,38,40H,12-13H2,1-4H3,(H2,32,39)/b10-9+/t15-,19-,25-,31-/m1/s1. The van der Waals surface area contributed by atoms with Crippen LogP contribution in [0, 0.1) is 11.8 Å². The Morgan fingerprint density at radius 1 is 1.10 bits per heavy atom. The van der Waals surface area contributed by atoms with E-state index in [-0.39, 0.29) is 29.7 Å². The number of phenols is 1. The molecule has 0 aromatic heterocycles. The number of methoxy groups -OCH3 is 2. The highest BCUT2D eigenvalue weighted by Crippen LogP contribution is 2.54. The zero-order valence-electron chi connectivity index (χ0n) is 23.5. The number of nitrogens with two attached hydrogens (primary N) is 1. The lowest BCUT2D eigenvalue weighted by Crippen LogP contribution is -2.65. The number of rotatable bonds is 6. The molecule has 0 spiro atoms. The Morgan fingerprint density at radius 3 is 2.43 bits per heavy atom. The van der Waals surface area contributed by atoms with Crippen molar-refractivity contribution in [3.05, 3.63) is 70.2 Å². The first kappa shape index (κ1) is 28.9. The summed E-state index contributed by atoms with van der Waals surface area (Å²) in [4.78, 5) is 41.0. The number of carbonyl (C=O) groups excluding carboxylic acids is 3. The second-order valence-electron chi connectivity index (χ2n) is 10.9. The predicted octanol–water partition coefficient (Wildman–Crippen LogP) is 2.26. The maximum absolute atomic E-state index is 14.0. The van der Waals surface area contributed by atoms with Gasteiger partial charge in [0.1, 0.15) is 28.6 Å². The lowest BCUT2D eigenvalue weighted by molar-refractivity contribution is -0.153. The molecule has 0 unspecified atom stereocenters. The predicted molar refractivity (Wildman–Crippen MR) is 152 cm³/mol. The Morgan fingerprint density at radius 2 is 1.81 bits per heavy atom. The maximum atomic E-state index is 14.0. The quantitative estimate of drug-likeness (QED) is 0.253. The van der Waals surface area contributed by atoms with E-state index >= 15 is 0 Å². The van der Waals surface area contributed by atoms with Crippen molar-refractivity contribution in [1.82, 2.24) is 4.90 Å². The summed E-state index contributed by atoms with van der Waals surface area (Å²) >= 11 is 0. The molecule has 0 heterocycles. The molecule has 0 radical (unpaired) electrons. The first-order chi connectivity index (χ1) is 19.9. The van der Waals surface area contributed by atoms with Crippen molar-refractivity contribution >= 4 is 29.3 Å². The first-order valence-electron chi connectivity index (χ1n) is 13.3. The Balaban J connectivity index is 1.74. The molecule has 11 heteroatoms. The van der Waals surface area contributed by atoms with Gasteiger partial charge < -0.3 is 35.6 Å². The number of aromatic hydroxyl groups is 1. The van der Waals surface area contributed by atoms with Crippen LogP contribution in [0.5, 0.6) is 11.5 Å². The van der Waals surface area contributed by atoms with E-state index in [1.165, 1.54) is 31.4 Å². The van der Waals surface area contributed by atoms with Gasteiger partial charge in [0, 0.05) is 17.1 Å². The van der Waals surface area contributed by atoms with Gasteiger partial charge in [0.2, 0.25) is 5.78 Å². The summed E-state index contributed by atoms with van der Waals surface area (Å²) in [5.41, 5.74) is 4.25. The van der Waals surface area contributed by atoms with Gasteiger partial charge in [0.15, 0.2) is 11.4 Å². The zero-order valence-corrected chi connectivity index (χ0v) is 23.5. The van der Waals surface area contributed by atoms with Crippen molar-refractivity contribution in [3.8, 4) is 22.6 Å². The minimum atomic E-state index is -2.69. The van der Waals surface area contributed by atoms with Crippen LogP contribution in [0.2, 0.25) is 0 Å². The Kier molecular flexibility index (Phi) is 7.12. The van der Waals surface area contributed by atoms with Crippen LogP contribution >= 0.6 is 0 Å². The highest BCUT2D eigenvalue weighted by Gasteiger charge is 2.64. The maximum Gasteiger partial charge on any atom is 0.255 e. The van der Waals surface area contributed by atoms with E-state index in [4.69, 9.17) is 15.2 Å². The molecule has 220 valence electrons. The van der Waals surface area contributed by atoms with E-state index in [0.29, 0.717) is 22.4 Å². The fraction of sp³-hybridized carbons (Fsp3) is 0.323. The second kappa shape index (κ2) is 10.3. The molecule has 0 bridgehead atoms. The van der Waals surface area contributed by atoms with Crippen LogP contribution in [0.3, 0.4) is 0 Å². The lowest BCUT2D eigenvalue weighted by atomic mass is 9.57. The van der Waals surface area contributed by atoms with Gasteiger partial charge in [-0.2, -0.15) is 0 Å². The zero-order chi connectivity index (χ0) is 30.7. The molecule has 4 atom stereocenters. The summed E-state index contributed by atoms with van der Waals surface area (Å²) in [6.45, 7) is 0. The average Bonchev–Trinajstić information content (AvgIpc) is 2.93. The normalized spacial score (nSPS) is 25.4. The number of fused-ring (bicyclic) bond motifs is 3. The molecule has 5 rings (SSSR count). The number of carbonyl (C=O) groups is 3. The molecule has 42 heavy (non-hydrogen) atoms. The van der Waals surface area contributed by atoms with Gasteiger partial charge in [-0.3, -0.25) is 19.3 Å². The van der Waals surface area contributed by atoms with Crippen molar-refractivity contribution in [2.75, 3.05) is 28.3 Å². The molecule has 1 amide bonds. The van der Waals surface area contributed by atoms with Gasteiger partial charge in [-0.25, -0.2) is 0 Å². The number of primary amides is 1. The number of ether oxygens (including phenoxy) is 2. The molecule has 2 aromatic carbocycles. The van der Waals surface area contributed by atoms with E-state index < -0.39 is 58.0 Å². The van der Waals surface area contributed by atoms with Crippen LogP contribution < -0.4 is 10.5 Å². The van der Waals surface area contributed by atoms with Crippen LogP contribution in [-0.2, 0) is 25.5 Å². The third-order valence-electron chi connectivity index (χ3n) is 8.51. The Labute approximate surface area is 241 Å². The van der Waals surface area contributed by atoms with Crippen LogP contribution in [0.25, 0.3) is 23.0 Å². The number of nitrogens with zero attached hydrogens (tertiary/aromatic N) is 1. The largest absolute Gasteiger partial charge is 0.508 e. The fourth-order valence-electron chi connectivity index (χ4n) is 6.68. The minimum absolute atomic E-state index is 0.00341.